The van der Waals surface area contributed by atoms with Gasteiger partial charge in [-0.25, -0.2) is 33.9 Å². The average molecular weight is 1240 g/mol. The van der Waals surface area contributed by atoms with E-state index in [0.717, 1.165) is 32.9 Å². The lowest BCUT2D eigenvalue weighted by Gasteiger charge is -2.28. The first-order valence-electron chi connectivity index (χ1n) is 29.2. The minimum atomic E-state index is -1.12. The van der Waals surface area contributed by atoms with Crippen LogP contribution in [0.5, 0.6) is 23.3 Å². The smallest absolute Gasteiger partial charge is 0.411 e. The molecule has 0 spiro atoms. The molecule has 2 saturated carbocycles. The van der Waals surface area contributed by atoms with E-state index >= 15 is 0 Å². The maximum absolute atomic E-state index is 13.4. The normalized spacial score (nSPS) is 25.0. The summed E-state index contributed by atoms with van der Waals surface area (Å²) in [5.74, 6) is -0.359. The molecule has 9 rings (SSSR count). The van der Waals surface area contributed by atoms with E-state index in [1.54, 1.807) is 107 Å². The van der Waals surface area contributed by atoms with Gasteiger partial charge in [0.05, 0.1) is 45.5 Å². The van der Waals surface area contributed by atoms with Gasteiger partial charge in [-0.2, -0.15) is 0 Å². The number of rotatable bonds is 14. The number of aliphatic carboxylic acids is 2. The van der Waals surface area contributed by atoms with Crippen molar-refractivity contribution in [2.24, 2.45) is 17.6 Å². The van der Waals surface area contributed by atoms with Crippen LogP contribution in [0.2, 0.25) is 0 Å². The standard InChI is InChI=1S/C27H33N3O6.C20H24N2O6.C10H17NO5.C7H11NO/c1-7-18-14-27(18,16(2)31)29-23(32)22-13-20(15-30(22)25(33)36-26(3,4)5)35-24-21-9-8-19(34-6)12-17(21)10-11-28-24;1-20(2,3)28-19(25)22-11-14(10-16(22)18(23)24)27-17-15-6-5-13(26-4)9-12(15)7-8-21-17;1-10(2,3)16-9(15)11-5-6(12)4-7(11)8(13)14;1-3-6-4-7(6,8)5(2)9/h7-12,18,20,22H,1,13-15H2,2-6H3,(H,29,32);5-9,14,16H,10-11H2,1-4H3,(H,23,24);6-7,12H,4-5H2,1-3H3,(H,13,14);3,6H,1,4,8H2,2H3/t18-,20-,22+,27+;14-,16+;2*6-,7+/m1111/s1. The second-order valence-electron chi connectivity index (χ2n) is 25.6. The predicted octanol–water partition coefficient (Wildman–Crippen LogP) is 7.66. The Balaban J connectivity index is 0.000000209. The fourth-order valence-electron chi connectivity index (χ4n) is 10.4. The lowest BCUT2D eigenvalue weighted by atomic mass is 10.1. The van der Waals surface area contributed by atoms with Crippen LogP contribution in [0.3, 0.4) is 0 Å². The third-order valence-corrected chi connectivity index (χ3v) is 15.3. The molecule has 3 aliphatic heterocycles. The Labute approximate surface area is 517 Å². The van der Waals surface area contributed by atoms with Gasteiger partial charge in [0.25, 0.3) is 0 Å². The molecule has 0 unspecified atom stereocenters. The second-order valence-corrected chi connectivity index (χ2v) is 25.6. The number of Topliss-reactive ketones (excluding diaryl/α,β-unsaturated/α-hetero) is 2. The molecule has 25 nitrogen and oxygen atoms in total. The van der Waals surface area contributed by atoms with E-state index in [0.29, 0.717) is 29.7 Å². The van der Waals surface area contributed by atoms with Gasteiger partial charge >= 0.3 is 30.2 Å². The zero-order valence-corrected chi connectivity index (χ0v) is 52.9. The van der Waals surface area contributed by atoms with Crippen LogP contribution in [0.4, 0.5) is 14.4 Å². The van der Waals surface area contributed by atoms with Crippen molar-refractivity contribution >= 4 is 69.2 Å². The summed E-state index contributed by atoms with van der Waals surface area (Å²) >= 11 is 0. The number of fused-ring (bicyclic) bond motifs is 2. The van der Waals surface area contributed by atoms with E-state index in [1.807, 2.05) is 42.5 Å². The molecule has 4 aromatic rings. The minimum absolute atomic E-state index is 0.00583. The van der Waals surface area contributed by atoms with E-state index in [-0.39, 0.29) is 62.3 Å². The number of hydrogen-bond donors (Lipinski definition) is 5. The molecule has 89 heavy (non-hydrogen) atoms. The number of hydrogen-bond acceptors (Lipinski definition) is 19. The number of carboxylic acid groups (broad SMARTS) is 2. The highest BCUT2D eigenvalue weighted by molar-refractivity contribution is 5.97. The Kier molecular flexibility index (Phi) is 21.8. The zero-order chi connectivity index (χ0) is 66.3. The quantitative estimate of drug-likeness (QED) is 0.0597. The summed E-state index contributed by atoms with van der Waals surface area (Å²) in [6, 6.07) is 11.9. The van der Waals surface area contributed by atoms with E-state index in [9.17, 15) is 48.6 Å². The molecule has 5 aliphatic rings. The SMILES string of the molecule is C=C[C@@H]1C[C@]1(N)C(C)=O.C=C[C@@H]1C[C@]1(NC(=O)[C@@H]1C[C@@H](Oc2nccc3cc(OC)ccc23)CN1C(=O)OC(C)(C)C)C(C)=O.CC(C)(C)OC(=O)N1C[C@H](O)C[C@H]1C(=O)O.COc1ccc2c(O[C@@H]3C[C@@H](C(=O)O)N(C(=O)OC(C)(C)C)C3)nccc2c1. The molecule has 0 bridgehead atoms. The molecule has 5 heterocycles. The lowest BCUT2D eigenvalue weighted by molar-refractivity contribution is -0.142. The van der Waals surface area contributed by atoms with Crippen molar-refractivity contribution in [3.63, 3.8) is 0 Å². The Morgan fingerprint density at radius 1 is 0.596 bits per heavy atom. The fourth-order valence-corrected chi connectivity index (χ4v) is 10.4. The minimum Gasteiger partial charge on any atom is -0.497 e. The molecule has 10 atom stereocenters. The molecular weight excluding hydrogens is 1150 g/mol. The van der Waals surface area contributed by atoms with Gasteiger partial charge in [-0.3, -0.25) is 29.1 Å². The number of β-amino-alcohol motifs (C(OH)–C–C–N with tert-alkyl or cyclic N) is 1. The summed E-state index contributed by atoms with van der Waals surface area (Å²) in [7, 11) is 3.19. The molecule has 2 aromatic heterocycles. The number of aliphatic hydroxyl groups excluding tert-OH is 1. The van der Waals surface area contributed by atoms with Crippen LogP contribution < -0.4 is 30.0 Å². The maximum Gasteiger partial charge on any atom is 0.411 e. The number of benzene rings is 2. The number of aliphatic hydroxyl groups is 1. The highest BCUT2D eigenvalue weighted by atomic mass is 16.6. The first-order valence-corrected chi connectivity index (χ1v) is 29.2. The molecule has 3 saturated heterocycles. The summed E-state index contributed by atoms with van der Waals surface area (Å²) in [6.45, 7) is 26.2. The number of carbonyl (C=O) groups is 8. The van der Waals surface area contributed by atoms with E-state index in [2.05, 4.69) is 28.4 Å². The number of likely N-dealkylation sites (tertiary alicyclic amines) is 3. The molecule has 5 fully saturated rings. The molecular formula is C64H85N7O18. The van der Waals surface area contributed by atoms with Crippen LogP contribution in [0.25, 0.3) is 21.5 Å². The highest BCUT2D eigenvalue weighted by Gasteiger charge is 2.59. The van der Waals surface area contributed by atoms with Gasteiger partial charge in [0.2, 0.25) is 17.7 Å². The van der Waals surface area contributed by atoms with Gasteiger partial charge in [0.15, 0.2) is 5.78 Å². The monoisotopic (exact) mass is 1240 g/mol. The Bertz CT molecular complexity index is 3320. The highest BCUT2D eigenvalue weighted by Crippen LogP contribution is 2.46. The van der Waals surface area contributed by atoms with Gasteiger partial charge in [0.1, 0.15) is 70.0 Å². The molecule has 2 aromatic carbocycles. The summed E-state index contributed by atoms with van der Waals surface area (Å²) in [5.41, 5.74) is 2.00. The number of nitrogens with two attached hydrogens (primary N) is 1. The van der Waals surface area contributed by atoms with Crippen molar-refractivity contribution in [3.8, 4) is 23.3 Å². The van der Waals surface area contributed by atoms with Crippen LogP contribution in [-0.4, -0.2) is 186 Å². The van der Waals surface area contributed by atoms with Crippen LogP contribution in [-0.2, 0) is 38.2 Å². The largest absolute Gasteiger partial charge is 0.497 e. The molecule has 2 aliphatic carbocycles. The van der Waals surface area contributed by atoms with Crippen molar-refractivity contribution in [1.82, 2.24) is 30.0 Å². The van der Waals surface area contributed by atoms with Gasteiger partial charge < -0.3 is 59.5 Å². The topological polar surface area (TPSA) is 335 Å². The first-order chi connectivity index (χ1) is 41.5. The molecule has 25 heteroatoms. The number of nitrogens with zero attached hydrogens (tertiary/aromatic N) is 5. The number of pyridine rings is 2. The number of ether oxygens (including phenoxy) is 7. The lowest BCUT2D eigenvalue weighted by Crippen LogP contribution is -2.53. The molecule has 6 N–H and O–H groups in total. The van der Waals surface area contributed by atoms with E-state index < -0.39 is 100 Å². The van der Waals surface area contributed by atoms with E-state index in [4.69, 9.17) is 44.0 Å². The van der Waals surface area contributed by atoms with Gasteiger partial charge in [-0.05, 0) is 148 Å². The number of carboxylic acids is 2. The van der Waals surface area contributed by atoms with E-state index in [1.165, 1.54) is 23.6 Å². The van der Waals surface area contributed by atoms with Crippen molar-refractivity contribution in [1.29, 1.82) is 0 Å². The van der Waals surface area contributed by atoms with Crippen molar-refractivity contribution in [2.75, 3.05) is 33.9 Å². The van der Waals surface area contributed by atoms with Crippen molar-refractivity contribution in [3.05, 3.63) is 86.2 Å². The first kappa shape index (κ1) is 69.5. The third kappa shape index (κ3) is 17.8. The fraction of sp³-hybridized carbons (Fsp3) is 0.531. The van der Waals surface area contributed by atoms with Gasteiger partial charge in [0, 0.05) is 54.3 Å². The predicted molar refractivity (Wildman–Crippen MR) is 326 cm³/mol. The Hall–Kier alpha value is -8.58. The van der Waals surface area contributed by atoms with Gasteiger partial charge in [-0.15, -0.1) is 13.2 Å². The second kappa shape index (κ2) is 27.9. The summed E-state index contributed by atoms with van der Waals surface area (Å²) in [6.07, 6.45) is 4.62. The van der Waals surface area contributed by atoms with Crippen LogP contribution in [0, 0.1) is 11.8 Å². The molecule has 484 valence electrons. The number of carbonyl (C=O) groups excluding carboxylic acids is 6. The molecule has 4 amide bonds. The Morgan fingerprint density at radius 3 is 1.35 bits per heavy atom. The maximum atomic E-state index is 13.4. The number of aromatic nitrogens is 2. The number of nitrogens with one attached hydrogen (secondary N) is 1. The third-order valence-electron chi connectivity index (χ3n) is 15.3. The summed E-state index contributed by atoms with van der Waals surface area (Å²) < 4.78 is 38.7. The summed E-state index contributed by atoms with van der Waals surface area (Å²) in [4.78, 5) is 108. The zero-order valence-electron chi connectivity index (χ0n) is 52.9. The molecule has 0 radical (unpaired) electrons. The van der Waals surface area contributed by atoms with Gasteiger partial charge in [-0.1, -0.05) is 12.2 Å². The summed E-state index contributed by atoms with van der Waals surface area (Å²) in [5, 5.41) is 34.0. The average Bonchev–Trinajstić information content (AvgIpc) is 1.63. The van der Waals surface area contributed by atoms with Crippen molar-refractivity contribution in [2.45, 2.75) is 173 Å². The number of amides is 4. The van der Waals surface area contributed by atoms with Crippen LogP contribution >= 0.6 is 0 Å². The number of methoxy groups -OCH3 is 2. The van der Waals surface area contributed by atoms with Crippen molar-refractivity contribution < 1.29 is 86.8 Å². The number of ketones is 2. The van der Waals surface area contributed by atoms with Crippen LogP contribution in [0.15, 0.2) is 86.2 Å². The Morgan fingerprint density at radius 2 is 1.00 bits per heavy atom. The van der Waals surface area contributed by atoms with Crippen LogP contribution in [0.1, 0.15) is 108 Å².